The van der Waals surface area contributed by atoms with Gasteiger partial charge in [-0.3, -0.25) is 19.1 Å². The van der Waals surface area contributed by atoms with Crippen LogP contribution in [0.5, 0.6) is 0 Å². The van der Waals surface area contributed by atoms with Gasteiger partial charge in [0.2, 0.25) is 5.91 Å². The van der Waals surface area contributed by atoms with Crippen molar-refractivity contribution < 1.29 is 4.79 Å². The predicted octanol–water partition coefficient (Wildman–Crippen LogP) is 2.49. The summed E-state index contributed by atoms with van der Waals surface area (Å²) in [5, 5.41) is 9.47. The summed E-state index contributed by atoms with van der Waals surface area (Å²) in [5.41, 5.74) is 1.09. The van der Waals surface area contributed by atoms with Crippen LogP contribution in [0, 0.1) is 0 Å². The van der Waals surface area contributed by atoms with Crippen LogP contribution in [0.1, 0.15) is 12.5 Å². The van der Waals surface area contributed by atoms with Gasteiger partial charge in [-0.15, -0.1) is 0 Å². The second-order valence-electron chi connectivity index (χ2n) is 6.59. The number of halogens is 1. The van der Waals surface area contributed by atoms with Crippen LogP contribution in [0.25, 0.3) is 16.7 Å². The molecule has 2 aromatic heterocycles. The van der Waals surface area contributed by atoms with E-state index in [4.69, 9.17) is 11.6 Å². The Balaban J connectivity index is 1.47. The number of hydrogen-bond donors (Lipinski definition) is 1. The van der Waals surface area contributed by atoms with E-state index in [1.807, 2.05) is 12.1 Å². The average Bonchev–Trinajstić information content (AvgIpc) is 3.43. The van der Waals surface area contributed by atoms with Gasteiger partial charge >= 0.3 is 0 Å². The summed E-state index contributed by atoms with van der Waals surface area (Å²) in [4.78, 5) is 34.4. The van der Waals surface area contributed by atoms with Gasteiger partial charge in [0.15, 0.2) is 16.0 Å². The number of aromatic nitrogens is 4. The van der Waals surface area contributed by atoms with Gasteiger partial charge in [0, 0.05) is 22.9 Å². The molecule has 1 atom stereocenters. The lowest BCUT2D eigenvalue weighted by Crippen LogP contribution is -2.32. The normalized spacial score (nSPS) is 18.1. The van der Waals surface area contributed by atoms with Crippen molar-refractivity contribution in [3.8, 4) is 5.69 Å². The number of hydrogen-bond acceptors (Lipinski definition) is 7. The van der Waals surface area contributed by atoms with E-state index in [1.54, 1.807) is 21.4 Å². The first-order valence-electron chi connectivity index (χ1n) is 8.96. The predicted molar refractivity (Wildman–Crippen MR) is 115 cm³/mol. The van der Waals surface area contributed by atoms with Crippen molar-refractivity contribution in [3.05, 3.63) is 45.8 Å². The molecular formula is C18H15ClN6O2S2. The second-order valence-corrected chi connectivity index (χ2v) is 9.10. The summed E-state index contributed by atoms with van der Waals surface area (Å²) in [6.07, 6.45) is 1.73. The topological polar surface area (TPSA) is 94.2 Å². The number of fused-ring (bicyclic) bond motifs is 2. The third-order valence-corrected chi connectivity index (χ3v) is 6.94. The summed E-state index contributed by atoms with van der Waals surface area (Å²) in [6, 6.07) is 6.93. The second kappa shape index (κ2) is 7.51. The maximum absolute atomic E-state index is 13.1. The van der Waals surface area contributed by atoms with E-state index >= 15 is 0 Å². The van der Waals surface area contributed by atoms with E-state index in [0.29, 0.717) is 32.1 Å². The summed E-state index contributed by atoms with van der Waals surface area (Å²) < 4.78 is 3.24. The highest BCUT2D eigenvalue weighted by atomic mass is 35.5. The maximum atomic E-state index is 13.1. The van der Waals surface area contributed by atoms with Crippen molar-refractivity contribution in [2.75, 3.05) is 18.1 Å². The SMILES string of the molecule is O=C(CC1CSc2nc3c(cnn3-c3ccc(Cl)cc3)c(=O)n21)NC1=NCCS1. The third-order valence-electron chi connectivity index (χ3n) is 4.69. The standard InChI is InChI=1S/C18H15ClN6O2S2/c19-10-1-3-11(4-2-10)25-15-13(8-21-25)16(27)24-12(9-29-18(24)23-15)7-14(26)22-17-20-5-6-28-17/h1-4,8,12H,5-7,9H2,(H,20,22,26). The molecule has 0 saturated heterocycles. The number of carbonyl (C=O) groups excluding carboxylic acids is 1. The molecule has 1 amide bonds. The maximum Gasteiger partial charge on any atom is 0.265 e. The van der Waals surface area contributed by atoms with Crippen molar-refractivity contribution in [2.24, 2.45) is 4.99 Å². The van der Waals surface area contributed by atoms with Crippen LogP contribution in [-0.4, -0.2) is 48.5 Å². The zero-order valence-electron chi connectivity index (χ0n) is 15.0. The van der Waals surface area contributed by atoms with Gasteiger partial charge in [-0.2, -0.15) is 5.10 Å². The van der Waals surface area contributed by atoms with Crippen LogP contribution in [0.4, 0.5) is 0 Å². The van der Waals surface area contributed by atoms with Crippen LogP contribution in [0.15, 0.2) is 45.4 Å². The molecule has 0 aliphatic carbocycles. The number of thioether (sulfide) groups is 2. The number of amides is 1. The molecule has 0 radical (unpaired) electrons. The Morgan fingerprint density at radius 1 is 1.28 bits per heavy atom. The van der Waals surface area contributed by atoms with E-state index in [0.717, 1.165) is 18.0 Å². The van der Waals surface area contributed by atoms with Gasteiger partial charge in [-0.05, 0) is 24.3 Å². The van der Waals surface area contributed by atoms with Gasteiger partial charge in [0.05, 0.1) is 24.5 Å². The lowest BCUT2D eigenvalue weighted by Gasteiger charge is -2.13. The fourth-order valence-electron chi connectivity index (χ4n) is 3.35. The fraction of sp³-hybridized carbons (Fsp3) is 0.278. The lowest BCUT2D eigenvalue weighted by atomic mass is 10.2. The molecule has 1 N–H and O–H groups in total. The van der Waals surface area contributed by atoms with Gasteiger partial charge in [-0.1, -0.05) is 35.1 Å². The number of nitrogens with one attached hydrogen (secondary N) is 1. The average molecular weight is 447 g/mol. The van der Waals surface area contributed by atoms with Crippen molar-refractivity contribution >= 4 is 57.2 Å². The van der Waals surface area contributed by atoms with Gasteiger partial charge in [0.1, 0.15) is 5.39 Å². The molecule has 8 nitrogen and oxygen atoms in total. The van der Waals surface area contributed by atoms with Gasteiger partial charge in [0.25, 0.3) is 5.56 Å². The number of nitrogens with zero attached hydrogens (tertiary/aromatic N) is 5. The quantitative estimate of drug-likeness (QED) is 0.621. The molecule has 148 valence electrons. The number of aliphatic imine (C=N–C) groups is 1. The van der Waals surface area contributed by atoms with E-state index < -0.39 is 0 Å². The Bertz CT molecular complexity index is 1200. The van der Waals surface area contributed by atoms with E-state index in [1.165, 1.54) is 29.7 Å². The molecule has 29 heavy (non-hydrogen) atoms. The number of amidine groups is 1. The number of carbonyl (C=O) groups is 1. The highest BCUT2D eigenvalue weighted by molar-refractivity contribution is 8.14. The van der Waals surface area contributed by atoms with Crippen molar-refractivity contribution in [2.45, 2.75) is 17.6 Å². The molecule has 0 fully saturated rings. The Morgan fingerprint density at radius 3 is 2.86 bits per heavy atom. The summed E-state index contributed by atoms with van der Waals surface area (Å²) in [7, 11) is 0. The van der Waals surface area contributed by atoms with Gasteiger partial charge < -0.3 is 5.32 Å². The zero-order chi connectivity index (χ0) is 20.0. The zero-order valence-corrected chi connectivity index (χ0v) is 17.4. The molecule has 0 bridgehead atoms. The Labute approximate surface area is 178 Å². The Hall–Kier alpha value is -2.30. The molecule has 3 aromatic rings. The minimum absolute atomic E-state index is 0.138. The Kier molecular flexibility index (Phi) is 4.84. The van der Waals surface area contributed by atoms with Crippen LogP contribution in [0.3, 0.4) is 0 Å². The van der Waals surface area contributed by atoms with Crippen LogP contribution in [0.2, 0.25) is 5.02 Å². The molecule has 5 rings (SSSR count). The summed E-state index contributed by atoms with van der Waals surface area (Å²) in [5.74, 6) is 1.37. The number of rotatable bonds is 3. The first-order valence-corrected chi connectivity index (χ1v) is 11.3. The smallest absolute Gasteiger partial charge is 0.265 e. The molecule has 1 aromatic carbocycles. The van der Waals surface area contributed by atoms with Crippen molar-refractivity contribution in [1.82, 2.24) is 24.6 Å². The highest BCUT2D eigenvalue weighted by Crippen LogP contribution is 2.33. The summed E-state index contributed by atoms with van der Waals surface area (Å²) in [6.45, 7) is 0.724. The fourth-order valence-corrected chi connectivity index (χ4v) is 5.35. The van der Waals surface area contributed by atoms with Crippen molar-refractivity contribution in [3.63, 3.8) is 0 Å². The minimum atomic E-state index is -0.245. The number of benzene rings is 1. The largest absolute Gasteiger partial charge is 0.305 e. The Morgan fingerprint density at radius 2 is 2.10 bits per heavy atom. The molecule has 2 aliphatic heterocycles. The van der Waals surface area contributed by atoms with Crippen molar-refractivity contribution in [1.29, 1.82) is 0 Å². The minimum Gasteiger partial charge on any atom is -0.305 e. The molecule has 1 unspecified atom stereocenters. The van der Waals surface area contributed by atoms with Crippen LogP contribution in [-0.2, 0) is 4.79 Å². The van der Waals surface area contributed by atoms with E-state index in [-0.39, 0.29) is 23.9 Å². The molecule has 4 heterocycles. The van der Waals surface area contributed by atoms with Gasteiger partial charge in [-0.25, -0.2) is 9.67 Å². The molecule has 0 saturated carbocycles. The first-order chi connectivity index (χ1) is 14.1. The summed E-state index contributed by atoms with van der Waals surface area (Å²) >= 11 is 8.97. The van der Waals surface area contributed by atoms with Crippen LogP contribution >= 0.6 is 35.1 Å². The monoisotopic (exact) mass is 446 g/mol. The lowest BCUT2D eigenvalue weighted by molar-refractivity contribution is -0.120. The molecule has 11 heteroatoms. The first kappa shape index (κ1) is 18.7. The third kappa shape index (κ3) is 3.45. The molecule has 0 spiro atoms. The van der Waals surface area contributed by atoms with E-state index in [2.05, 4.69) is 20.4 Å². The van der Waals surface area contributed by atoms with E-state index in [9.17, 15) is 9.59 Å². The highest BCUT2D eigenvalue weighted by Gasteiger charge is 2.30. The molecular weight excluding hydrogens is 432 g/mol. The molecule has 2 aliphatic rings. The van der Waals surface area contributed by atoms with Crippen LogP contribution < -0.4 is 10.9 Å².